The molecule has 1 aromatic heterocycles. The summed E-state index contributed by atoms with van der Waals surface area (Å²) in [5, 5.41) is 7.76. The van der Waals surface area contributed by atoms with Gasteiger partial charge in [0.2, 0.25) is 5.91 Å². The molecule has 2 aliphatic heterocycles. The summed E-state index contributed by atoms with van der Waals surface area (Å²) >= 11 is 0. The molecule has 2 atom stereocenters. The van der Waals surface area contributed by atoms with Gasteiger partial charge < -0.3 is 10.6 Å². The average Bonchev–Trinajstić information content (AvgIpc) is 2.89. The first-order chi connectivity index (χ1) is 11.2. The van der Waals surface area contributed by atoms with E-state index < -0.39 is 0 Å². The molecule has 6 heteroatoms. The van der Waals surface area contributed by atoms with Crippen LogP contribution in [0, 0.1) is 12.8 Å². The number of anilines is 1. The molecule has 0 saturated carbocycles. The molecule has 2 unspecified atom stereocenters. The Kier molecular flexibility index (Phi) is 6.66. The van der Waals surface area contributed by atoms with Crippen LogP contribution in [0.25, 0.3) is 10.9 Å². The number of piperidine rings is 1. The normalized spacial score (nSPS) is 24.3. The molecule has 2 saturated heterocycles. The molecule has 136 valence electrons. The maximum absolute atomic E-state index is 12.5. The summed E-state index contributed by atoms with van der Waals surface area (Å²) in [6, 6.07) is 9.23. The minimum Gasteiger partial charge on any atom is -0.325 e. The summed E-state index contributed by atoms with van der Waals surface area (Å²) in [5.41, 5.74) is 2.97. The van der Waals surface area contributed by atoms with Crippen molar-refractivity contribution in [3.05, 3.63) is 36.0 Å². The van der Waals surface area contributed by atoms with Crippen molar-refractivity contribution in [3.8, 4) is 0 Å². The first-order valence-electron chi connectivity index (χ1n) is 8.59. The summed E-state index contributed by atoms with van der Waals surface area (Å²) in [6.45, 7) is 2.05. The Hall–Kier alpha value is -1.36. The maximum Gasteiger partial charge on any atom is 0.224 e. The number of amides is 1. The minimum absolute atomic E-state index is 0. The molecule has 2 bridgehead atoms. The lowest BCUT2D eigenvalue weighted by Gasteiger charge is -2.28. The Labute approximate surface area is 161 Å². The van der Waals surface area contributed by atoms with Gasteiger partial charge >= 0.3 is 0 Å². The predicted octanol–water partition coefficient (Wildman–Crippen LogP) is 4.25. The number of rotatable bonds is 3. The fourth-order valence-corrected chi connectivity index (χ4v) is 4.23. The summed E-state index contributed by atoms with van der Waals surface area (Å²) in [5.74, 6) is 0.647. The number of aryl methyl sites for hydroxylation is 1. The minimum atomic E-state index is 0. The van der Waals surface area contributed by atoms with Gasteiger partial charge in [-0.2, -0.15) is 0 Å². The number of benzene rings is 1. The third-order valence-electron chi connectivity index (χ3n) is 5.29. The third-order valence-corrected chi connectivity index (χ3v) is 5.29. The van der Waals surface area contributed by atoms with E-state index in [1.54, 1.807) is 6.20 Å². The lowest BCUT2D eigenvalue weighted by Crippen LogP contribution is -2.39. The van der Waals surface area contributed by atoms with Crippen molar-refractivity contribution >= 4 is 47.3 Å². The average molecular weight is 382 g/mol. The van der Waals surface area contributed by atoms with E-state index in [0.29, 0.717) is 24.4 Å². The number of fused-ring (bicyclic) bond motifs is 3. The molecular formula is C19H25Cl2N3O. The number of hydrogen-bond donors (Lipinski definition) is 2. The molecule has 25 heavy (non-hydrogen) atoms. The number of hydrogen-bond acceptors (Lipinski definition) is 3. The van der Waals surface area contributed by atoms with Crippen molar-refractivity contribution in [2.24, 2.45) is 5.92 Å². The molecule has 4 rings (SSSR count). The molecule has 1 aromatic carbocycles. The van der Waals surface area contributed by atoms with Crippen LogP contribution in [-0.2, 0) is 4.79 Å². The Morgan fingerprint density at radius 3 is 2.64 bits per heavy atom. The van der Waals surface area contributed by atoms with Crippen LogP contribution < -0.4 is 10.6 Å². The number of aromatic nitrogens is 1. The van der Waals surface area contributed by atoms with E-state index in [1.165, 1.54) is 12.8 Å². The number of carbonyl (C=O) groups excluding carboxylic acids is 1. The first-order valence-corrected chi connectivity index (χ1v) is 8.59. The van der Waals surface area contributed by atoms with Crippen LogP contribution in [0.2, 0.25) is 0 Å². The monoisotopic (exact) mass is 381 g/mol. The zero-order chi connectivity index (χ0) is 15.8. The van der Waals surface area contributed by atoms with Gasteiger partial charge in [-0.3, -0.25) is 9.78 Å². The Morgan fingerprint density at radius 2 is 1.92 bits per heavy atom. The Morgan fingerprint density at radius 1 is 1.20 bits per heavy atom. The highest BCUT2D eigenvalue weighted by Crippen LogP contribution is 2.33. The van der Waals surface area contributed by atoms with Gasteiger partial charge in [-0.25, -0.2) is 0 Å². The van der Waals surface area contributed by atoms with E-state index in [0.717, 1.165) is 35.0 Å². The highest BCUT2D eigenvalue weighted by atomic mass is 35.5. The van der Waals surface area contributed by atoms with E-state index in [2.05, 4.69) is 15.6 Å². The Bertz CT molecular complexity index is 741. The van der Waals surface area contributed by atoms with Crippen LogP contribution in [0.15, 0.2) is 30.5 Å². The van der Waals surface area contributed by atoms with Gasteiger partial charge in [0.05, 0.1) is 11.2 Å². The number of nitrogens with zero attached hydrogens (tertiary/aromatic N) is 1. The molecule has 0 radical (unpaired) electrons. The molecule has 4 nitrogen and oxygen atoms in total. The smallest absolute Gasteiger partial charge is 0.224 e. The first kappa shape index (κ1) is 20.0. The van der Waals surface area contributed by atoms with Crippen molar-refractivity contribution in [1.82, 2.24) is 10.3 Å². The second-order valence-corrected chi connectivity index (χ2v) is 7.06. The molecule has 0 aliphatic carbocycles. The zero-order valence-electron chi connectivity index (χ0n) is 14.3. The lowest BCUT2D eigenvalue weighted by molar-refractivity contribution is -0.117. The van der Waals surface area contributed by atoms with Crippen molar-refractivity contribution in [3.63, 3.8) is 0 Å². The lowest BCUT2D eigenvalue weighted by atomic mass is 9.89. The fourth-order valence-electron chi connectivity index (χ4n) is 4.23. The van der Waals surface area contributed by atoms with E-state index in [1.807, 2.05) is 31.2 Å². The van der Waals surface area contributed by atoms with E-state index >= 15 is 0 Å². The highest BCUT2D eigenvalue weighted by molar-refractivity contribution is 6.01. The number of nitrogens with one attached hydrogen (secondary N) is 2. The van der Waals surface area contributed by atoms with Gasteiger partial charge in [0, 0.05) is 30.1 Å². The molecule has 1 amide bonds. The van der Waals surface area contributed by atoms with Crippen LogP contribution >= 0.6 is 24.8 Å². The highest BCUT2D eigenvalue weighted by Gasteiger charge is 2.34. The largest absolute Gasteiger partial charge is 0.325 e. The summed E-state index contributed by atoms with van der Waals surface area (Å²) in [7, 11) is 0. The molecule has 3 heterocycles. The zero-order valence-corrected chi connectivity index (χ0v) is 16.0. The summed E-state index contributed by atoms with van der Waals surface area (Å²) in [6.07, 6.45) is 7.25. The molecule has 2 N–H and O–H groups in total. The van der Waals surface area contributed by atoms with E-state index in [4.69, 9.17) is 0 Å². The fraction of sp³-hybridized carbons (Fsp3) is 0.474. The molecule has 2 aliphatic rings. The van der Waals surface area contributed by atoms with Gasteiger partial charge in [0.1, 0.15) is 0 Å². The van der Waals surface area contributed by atoms with Gasteiger partial charge in [0.25, 0.3) is 0 Å². The van der Waals surface area contributed by atoms with Gasteiger partial charge in [-0.15, -0.1) is 24.8 Å². The third kappa shape index (κ3) is 4.25. The van der Waals surface area contributed by atoms with Crippen LogP contribution in [0.1, 0.15) is 37.7 Å². The number of halogens is 2. The van der Waals surface area contributed by atoms with Crippen LogP contribution in [0.3, 0.4) is 0 Å². The van der Waals surface area contributed by atoms with E-state index in [9.17, 15) is 4.79 Å². The number of carbonyl (C=O) groups is 1. The SMILES string of the molecule is Cc1ccc(NC(=O)CC2CC3CCC(C2)N3)c2cccnc12.Cl.Cl. The van der Waals surface area contributed by atoms with Crippen molar-refractivity contribution < 1.29 is 4.79 Å². The number of pyridine rings is 1. The van der Waals surface area contributed by atoms with Crippen LogP contribution in [0.4, 0.5) is 5.69 Å². The van der Waals surface area contributed by atoms with Gasteiger partial charge in [-0.05, 0) is 62.3 Å². The van der Waals surface area contributed by atoms with E-state index in [-0.39, 0.29) is 30.7 Å². The predicted molar refractivity (Wildman–Crippen MR) is 107 cm³/mol. The molecule has 2 aromatic rings. The standard InChI is InChI=1S/C19H23N3O.2ClH/c1-12-4-7-17(16-3-2-8-20-19(12)16)22-18(23)11-13-9-14-5-6-15(10-13)21-14;;/h2-4,7-8,13-15,21H,5-6,9-11H2,1H3,(H,22,23);2*1H. The maximum atomic E-state index is 12.5. The second-order valence-electron chi connectivity index (χ2n) is 7.06. The van der Waals surface area contributed by atoms with Crippen LogP contribution in [0.5, 0.6) is 0 Å². The van der Waals surface area contributed by atoms with Gasteiger partial charge in [0.15, 0.2) is 0 Å². The van der Waals surface area contributed by atoms with Gasteiger partial charge in [-0.1, -0.05) is 6.07 Å². The quantitative estimate of drug-likeness (QED) is 0.835. The topological polar surface area (TPSA) is 54.0 Å². The molecule has 0 spiro atoms. The Balaban J connectivity index is 0.00000113. The molecular weight excluding hydrogens is 357 g/mol. The second kappa shape index (κ2) is 8.35. The van der Waals surface area contributed by atoms with Crippen molar-refractivity contribution in [1.29, 1.82) is 0 Å². The molecule has 2 fully saturated rings. The van der Waals surface area contributed by atoms with Crippen molar-refractivity contribution in [2.75, 3.05) is 5.32 Å². The summed E-state index contributed by atoms with van der Waals surface area (Å²) < 4.78 is 0. The van der Waals surface area contributed by atoms with Crippen molar-refractivity contribution in [2.45, 2.75) is 51.1 Å². The summed E-state index contributed by atoms with van der Waals surface area (Å²) in [4.78, 5) is 16.9. The van der Waals surface area contributed by atoms with Crippen LogP contribution in [-0.4, -0.2) is 23.0 Å².